The third-order valence-corrected chi connectivity index (χ3v) is 4.37. The number of carbonyl (C=O) groups excluding carboxylic acids is 3. The molecule has 2 aromatic carbocycles. The Morgan fingerprint density at radius 2 is 1.83 bits per heavy atom. The molecule has 1 fully saturated rings. The number of urea groups is 1. The van der Waals surface area contributed by atoms with Crippen molar-refractivity contribution >= 4 is 23.9 Å². The van der Waals surface area contributed by atoms with Gasteiger partial charge in [-0.25, -0.2) is 4.79 Å². The van der Waals surface area contributed by atoms with Crippen LogP contribution in [-0.2, 0) is 16.1 Å². The van der Waals surface area contributed by atoms with Gasteiger partial charge in [-0.1, -0.05) is 35.9 Å². The molecule has 0 saturated carbocycles. The highest BCUT2D eigenvalue weighted by Gasteiger charge is 2.33. The zero-order valence-electron chi connectivity index (χ0n) is 16.8. The monoisotopic (exact) mass is 409 g/mol. The minimum absolute atomic E-state index is 0.167. The Hall–Kier alpha value is -3.81. The Labute approximate surface area is 174 Å². The third-order valence-electron chi connectivity index (χ3n) is 4.37. The molecule has 1 aliphatic heterocycles. The van der Waals surface area contributed by atoms with Crippen molar-refractivity contribution in [3.8, 4) is 11.5 Å². The first-order valence-electron chi connectivity index (χ1n) is 9.45. The molecule has 0 aromatic heterocycles. The van der Waals surface area contributed by atoms with Crippen LogP contribution in [-0.4, -0.2) is 36.0 Å². The van der Waals surface area contributed by atoms with Gasteiger partial charge in [0.15, 0.2) is 18.1 Å². The fourth-order valence-corrected chi connectivity index (χ4v) is 2.91. The fraction of sp³-hybridized carbons (Fsp3) is 0.227. The van der Waals surface area contributed by atoms with Gasteiger partial charge in [-0.3, -0.25) is 14.5 Å². The molecule has 2 aromatic rings. The van der Waals surface area contributed by atoms with Crippen LogP contribution in [0.15, 0.2) is 48.2 Å². The zero-order chi connectivity index (χ0) is 21.7. The van der Waals surface area contributed by atoms with Crippen LogP contribution in [0.25, 0.3) is 6.08 Å². The normalized spacial score (nSPS) is 14.7. The number of hydrogen-bond acceptors (Lipinski definition) is 5. The smallest absolute Gasteiger partial charge is 0.329 e. The first-order valence-corrected chi connectivity index (χ1v) is 9.45. The number of amides is 4. The Kier molecular flexibility index (Phi) is 6.36. The van der Waals surface area contributed by atoms with Crippen LogP contribution >= 0.6 is 0 Å². The predicted octanol–water partition coefficient (Wildman–Crippen LogP) is 2.35. The van der Waals surface area contributed by atoms with Crippen molar-refractivity contribution < 1.29 is 23.9 Å². The number of imide groups is 1. The minimum atomic E-state index is -0.600. The van der Waals surface area contributed by atoms with Crippen molar-refractivity contribution in [1.82, 2.24) is 10.2 Å². The van der Waals surface area contributed by atoms with Crippen molar-refractivity contribution in [2.75, 3.05) is 13.2 Å². The standard InChI is InChI=1S/C22H23N3O5/c1-3-29-19-11-16(8-9-18(19)30-13-20(23)26)10-17-21(27)25(22(28)24-17)12-15-6-4-14(2)5-7-15/h4-11H,3,12-13H2,1-2H3,(H2,23,26)(H,24,28)/b17-10+. The highest BCUT2D eigenvalue weighted by atomic mass is 16.5. The SMILES string of the molecule is CCOc1cc(/C=C2/NC(=O)N(Cc3ccc(C)cc3)C2=O)ccc1OCC(N)=O. The molecule has 0 bridgehead atoms. The van der Waals surface area contributed by atoms with Gasteiger partial charge in [0, 0.05) is 0 Å². The molecule has 0 aliphatic carbocycles. The summed E-state index contributed by atoms with van der Waals surface area (Å²) in [5.74, 6) is -0.244. The van der Waals surface area contributed by atoms with Gasteiger partial charge in [0.25, 0.3) is 11.8 Å². The van der Waals surface area contributed by atoms with Crippen LogP contribution in [0.5, 0.6) is 11.5 Å². The molecule has 0 unspecified atom stereocenters. The maximum Gasteiger partial charge on any atom is 0.329 e. The number of nitrogens with two attached hydrogens (primary N) is 1. The summed E-state index contributed by atoms with van der Waals surface area (Å²) in [4.78, 5) is 37.1. The topological polar surface area (TPSA) is 111 Å². The molecule has 3 N–H and O–H groups in total. The van der Waals surface area contributed by atoms with Gasteiger partial charge in [0.1, 0.15) is 5.70 Å². The third kappa shape index (κ3) is 4.96. The maximum atomic E-state index is 12.7. The lowest BCUT2D eigenvalue weighted by Gasteiger charge is -2.12. The molecular weight excluding hydrogens is 386 g/mol. The molecule has 30 heavy (non-hydrogen) atoms. The molecule has 4 amide bonds. The van der Waals surface area contributed by atoms with Crippen LogP contribution in [0, 0.1) is 6.92 Å². The number of carbonyl (C=O) groups is 3. The second kappa shape index (κ2) is 9.13. The van der Waals surface area contributed by atoms with Crippen molar-refractivity contribution in [3.63, 3.8) is 0 Å². The quantitative estimate of drug-likeness (QED) is 0.514. The van der Waals surface area contributed by atoms with E-state index in [2.05, 4.69) is 5.32 Å². The molecule has 1 aliphatic rings. The number of nitrogens with one attached hydrogen (secondary N) is 1. The van der Waals surface area contributed by atoms with Crippen LogP contribution in [0.1, 0.15) is 23.6 Å². The first kappa shape index (κ1) is 20.9. The lowest BCUT2D eigenvalue weighted by atomic mass is 10.1. The average molecular weight is 409 g/mol. The lowest BCUT2D eigenvalue weighted by Crippen LogP contribution is -2.30. The van der Waals surface area contributed by atoms with Crippen LogP contribution in [0.2, 0.25) is 0 Å². The van der Waals surface area contributed by atoms with E-state index in [4.69, 9.17) is 15.2 Å². The van der Waals surface area contributed by atoms with E-state index in [0.29, 0.717) is 23.7 Å². The van der Waals surface area contributed by atoms with E-state index in [1.54, 1.807) is 24.3 Å². The van der Waals surface area contributed by atoms with E-state index in [0.717, 1.165) is 16.0 Å². The molecule has 0 radical (unpaired) electrons. The second-order valence-electron chi connectivity index (χ2n) is 6.76. The fourth-order valence-electron chi connectivity index (χ4n) is 2.91. The van der Waals surface area contributed by atoms with Crippen molar-refractivity contribution in [2.45, 2.75) is 20.4 Å². The maximum absolute atomic E-state index is 12.7. The van der Waals surface area contributed by atoms with Gasteiger partial charge >= 0.3 is 6.03 Å². The van der Waals surface area contributed by atoms with Crippen LogP contribution < -0.4 is 20.5 Å². The number of primary amides is 1. The van der Waals surface area contributed by atoms with E-state index in [9.17, 15) is 14.4 Å². The van der Waals surface area contributed by atoms with Crippen LogP contribution in [0.4, 0.5) is 4.79 Å². The van der Waals surface area contributed by atoms with E-state index in [1.165, 1.54) is 0 Å². The average Bonchev–Trinajstić information content (AvgIpc) is 2.96. The molecular formula is C22H23N3O5. The molecule has 0 atom stereocenters. The summed E-state index contributed by atoms with van der Waals surface area (Å²) in [5.41, 5.74) is 7.87. The number of ether oxygens (including phenoxy) is 2. The van der Waals surface area contributed by atoms with E-state index < -0.39 is 17.8 Å². The highest BCUT2D eigenvalue weighted by Crippen LogP contribution is 2.30. The molecule has 156 valence electrons. The summed E-state index contributed by atoms with van der Waals surface area (Å²) >= 11 is 0. The van der Waals surface area contributed by atoms with Crippen molar-refractivity contribution in [1.29, 1.82) is 0 Å². The van der Waals surface area contributed by atoms with Gasteiger partial charge in [0.05, 0.1) is 13.2 Å². The molecule has 1 heterocycles. The predicted molar refractivity (Wildman–Crippen MR) is 111 cm³/mol. The Balaban J connectivity index is 1.79. The summed E-state index contributed by atoms with van der Waals surface area (Å²) in [6.07, 6.45) is 1.57. The van der Waals surface area contributed by atoms with E-state index in [-0.39, 0.29) is 18.8 Å². The second-order valence-corrected chi connectivity index (χ2v) is 6.76. The number of aryl methyl sites for hydroxylation is 1. The summed E-state index contributed by atoms with van der Waals surface area (Å²) in [7, 11) is 0. The van der Waals surface area contributed by atoms with Crippen LogP contribution in [0.3, 0.4) is 0 Å². The van der Waals surface area contributed by atoms with E-state index in [1.807, 2.05) is 38.1 Å². The molecule has 1 saturated heterocycles. The summed E-state index contributed by atoms with van der Waals surface area (Å²) in [5, 5.41) is 2.61. The molecule has 0 spiro atoms. The molecule has 3 rings (SSSR count). The summed E-state index contributed by atoms with van der Waals surface area (Å²) < 4.78 is 10.9. The van der Waals surface area contributed by atoms with E-state index >= 15 is 0 Å². The van der Waals surface area contributed by atoms with Gasteiger partial charge in [-0.15, -0.1) is 0 Å². The van der Waals surface area contributed by atoms with Gasteiger partial charge < -0.3 is 20.5 Å². The number of benzene rings is 2. The highest BCUT2D eigenvalue weighted by molar-refractivity contribution is 6.13. The van der Waals surface area contributed by atoms with Gasteiger partial charge in [-0.2, -0.15) is 0 Å². The first-order chi connectivity index (χ1) is 14.4. The number of rotatable bonds is 8. The molecule has 8 nitrogen and oxygen atoms in total. The Morgan fingerprint density at radius 3 is 2.50 bits per heavy atom. The Morgan fingerprint density at radius 1 is 1.10 bits per heavy atom. The largest absolute Gasteiger partial charge is 0.490 e. The number of hydrogen-bond donors (Lipinski definition) is 2. The minimum Gasteiger partial charge on any atom is -0.490 e. The van der Waals surface area contributed by atoms with Gasteiger partial charge in [-0.05, 0) is 43.2 Å². The number of nitrogens with zero attached hydrogens (tertiary/aromatic N) is 1. The zero-order valence-corrected chi connectivity index (χ0v) is 16.8. The van der Waals surface area contributed by atoms with Gasteiger partial charge in [0.2, 0.25) is 0 Å². The summed E-state index contributed by atoms with van der Waals surface area (Å²) in [6, 6.07) is 12.1. The van der Waals surface area contributed by atoms with Crippen molar-refractivity contribution in [2.24, 2.45) is 5.73 Å². The van der Waals surface area contributed by atoms with Crippen molar-refractivity contribution in [3.05, 3.63) is 64.9 Å². The lowest BCUT2D eigenvalue weighted by molar-refractivity contribution is -0.123. The molecule has 8 heteroatoms. The summed E-state index contributed by atoms with van der Waals surface area (Å²) in [6.45, 7) is 4.08. The Bertz CT molecular complexity index is 998.